The van der Waals surface area contributed by atoms with Crippen molar-refractivity contribution in [1.29, 1.82) is 0 Å². The van der Waals surface area contributed by atoms with Gasteiger partial charge in [-0.1, -0.05) is 6.07 Å². The van der Waals surface area contributed by atoms with Crippen molar-refractivity contribution >= 4 is 11.6 Å². The van der Waals surface area contributed by atoms with Gasteiger partial charge in [0, 0.05) is 11.8 Å². The average Bonchev–Trinajstić information content (AvgIpc) is 2.47. The molecule has 0 aliphatic heterocycles. The molecular weight excluding hydrogens is 278 g/mol. The largest absolute Gasteiger partial charge is 0.344 e. The third-order valence-electron chi connectivity index (χ3n) is 2.93. The second kappa shape index (κ2) is 6.27. The molecular formula is C14H14F2N4O. The van der Waals surface area contributed by atoms with Crippen LogP contribution in [0, 0.1) is 11.6 Å². The van der Waals surface area contributed by atoms with E-state index >= 15 is 0 Å². The monoisotopic (exact) mass is 292 g/mol. The first-order chi connectivity index (χ1) is 10.0. The Hall–Kier alpha value is -2.54. The number of anilines is 1. The number of nitrogens with one attached hydrogen (secondary N) is 2. The van der Waals surface area contributed by atoms with Crippen LogP contribution in [-0.4, -0.2) is 10.9 Å². The van der Waals surface area contributed by atoms with Crippen LogP contribution in [-0.2, 0) is 0 Å². The number of aromatic nitrogens is 1. The van der Waals surface area contributed by atoms with Gasteiger partial charge < -0.3 is 10.7 Å². The molecule has 0 aliphatic carbocycles. The number of carbonyl (C=O) groups is 1. The molecule has 1 atom stereocenters. The highest BCUT2D eigenvalue weighted by molar-refractivity contribution is 5.94. The molecule has 0 spiro atoms. The molecule has 0 radical (unpaired) electrons. The van der Waals surface area contributed by atoms with Gasteiger partial charge in [0.25, 0.3) is 5.91 Å². The van der Waals surface area contributed by atoms with Gasteiger partial charge in [-0.25, -0.2) is 8.78 Å². The van der Waals surface area contributed by atoms with E-state index in [-0.39, 0.29) is 5.56 Å². The maximum atomic E-state index is 13.6. The topological polar surface area (TPSA) is 80.0 Å². The summed E-state index contributed by atoms with van der Waals surface area (Å²) < 4.78 is 27.1. The van der Waals surface area contributed by atoms with Crippen molar-refractivity contribution in [2.75, 3.05) is 5.43 Å². The van der Waals surface area contributed by atoms with Crippen LogP contribution < -0.4 is 16.6 Å². The molecule has 0 saturated carbocycles. The molecule has 0 bridgehead atoms. The van der Waals surface area contributed by atoms with E-state index in [1.165, 1.54) is 0 Å². The van der Waals surface area contributed by atoms with Crippen LogP contribution in [0.3, 0.4) is 0 Å². The number of nitrogens with zero attached hydrogens (tertiary/aromatic N) is 1. The molecule has 1 aromatic heterocycles. The lowest BCUT2D eigenvalue weighted by molar-refractivity contribution is 0.0938. The first-order valence-electron chi connectivity index (χ1n) is 6.20. The van der Waals surface area contributed by atoms with Crippen molar-refractivity contribution < 1.29 is 13.6 Å². The number of pyridine rings is 1. The number of hydrogen-bond acceptors (Lipinski definition) is 4. The number of nitrogens with two attached hydrogens (primary N) is 1. The number of hydrogen-bond donors (Lipinski definition) is 3. The molecule has 1 amide bonds. The van der Waals surface area contributed by atoms with Gasteiger partial charge in [-0.2, -0.15) is 0 Å². The normalized spacial score (nSPS) is 11.8. The van der Waals surface area contributed by atoms with E-state index in [4.69, 9.17) is 5.84 Å². The van der Waals surface area contributed by atoms with Crippen molar-refractivity contribution in [1.82, 2.24) is 10.3 Å². The van der Waals surface area contributed by atoms with E-state index in [1.807, 2.05) is 5.43 Å². The summed E-state index contributed by atoms with van der Waals surface area (Å²) in [6.07, 6.45) is 1.60. The van der Waals surface area contributed by atoms with Gasteiger partial charge in [0.05, 0.1) is 11.7 Å². The van der Waals surface area contributed by atoms with Crippen molar-refractivity contribution in [2.24, 2.45) is 5.84 Å². The van der Waals surface area contributed by atoms with Gasteiger partial charge in [-0.15, -0.1) is 0 Å². The Bertz CT molecular complexity index is 626. The Morgan fingerprint density at radius 3 is 2.48 bits per heavy atom. The predicted molar refractivity (Wildman–Crippen MR) is 74.3 cm³/mol. The fourth-order valence-electron chi connectivity index (χ4n) is 1.83. The van der Waals surface area contributed by atoms with E-state index in [1.54, 1.807) is 31.3 Å². The summed E-state index contributed by atoms with van der Waals surface area (Å²) >= 11 is 0. The Balaban J connectivity index is 2.18. The van der Waals surface area contributed by atoms with E-state index in [0.717, 1.165) is 12.1 Å². The smallest absolute Gasteiger partial charge is 0.252 e. The second-order valence-corrected chi connectivity index (χ2v) is 4.41. The van der Waals surface area contributed by atoms with Crippen LogP contribution in [0.25, 0.3) is 0 Å². The molecule has 1 aromatic carbocycles. The molecule has 2 aromatic rings. The molecule has 1 unspecified atom stereocenters. The summed E-state index contributed by atoms with van der Waals surface area (Å²) in [4.78, 5) is 16.1. The van der Waals surface area contributed by atoms with Crippen molar-refractivity contribution in [3.8, 4) is 0 Å². The molecule has 4 N–H and O–H groups in total. The lowest BCUT2D eigenvalue weighted by atomic mass is 10.1. The maximum Gasteiger partial charge on any atom is 0.252 e. The summed E-state index contributed by atoms with van der Waals surface area (Å²) in [5.41, 5.74) is 1.94. The average molecular weight is 292 g/mol. The highest BCUT2D eigenvalue weighted by Crippen LogP contribution is 2.20. The Morgan fingerprint density at radius 2 is 1.95 bits per heavy atom. The molecule has 2 rings (SSSR count). The fraction of sp³-hybridized carbons (Fsp3) is 0.143. The van der Waals surface area contributed by atoms with Crippen LogP contribution in [0.4, 0.5) is 14.5 Å². The second-order valence-electron chi connectivity index (χ2n) is 4.41. The third-order valence-corrected chi connectivity index (χ3v) is 2.93. The lowest BCUT2D eigenvalue weighted by Crippen LogP contribution is -2.27. The minimum absolute atomic E-state index is 0.133. The van der Waals surface area contributed by atoms with Gasteiger partial charge in [-0.3, -0.25) is 15.6 Å². The molecule has 5 nitrogen and oxygen atoms in total. The number of halogens is 2. The molecule has 110 valence electrons. The SMILES string of the molecule is CC(NC(=O)c1cc(F)c(NN)c(F)c1)c1ccccn1. The van der Waals surface area contributed by atoms with Crippen LogP contribution in [0.1, 0.15) is 29.0 Å². The van der Waals surface area contributed by atoms with Crippen molar-refractivity contribution in [3.63, 3.8) is 0 Å². The molecule has 7 heteroatoms. The third kappa shape index (κ3) is 3.32. The van der Waals surface area contributed by atoms with Gasteiger partial charge in [0.2, 0.25) is 0 Å². The number of amides is 1. The first kappa shape index (κ1) is 14.9. The van der Waals surface area contributed by atoms with Crippen molar-refractivity contribution in [2.45, 2.75) is 13.0 Å². The van der Waals surface area contributed by atoms with Crippen LogP contribution in [0.15, 0.2) is 36.5 Å². The molecule has 21 heavy (non-hydrogen) atoms. The summed E-state index contributed by atoms with van der Waals surface area (Å²) in [6.45, 7) is 1.72. The van der Waals surface area contributed by atoms with Crippen LogP contribution in [0.5, 0.6) is 0 Å². The number of hydrazine groups is 1. The fourth-order valence-corrected chi connectivity index (χ4v) is 1.83. The van der Waals surface area contributed by atoms with E-state index < -0.39 is 29.3 Å². The minimum Gasteiger partial charge on any atom is -0.344 e. The highest BCUT2D eigenvalue weighted by Gasteiger charge is 2.17. The maximum absolute atomic E-state index is 13.6. The summed E-state index contributed by atoms with van der Waals surface area (Å²) in [5.74, 6) is 2.52. The number of nitrogen functional groups attached to an aromatic ring is 1. The summed E-state index contributed by atoms with van der Waals surface area (Å²) in [7, 11) is 0. The zero-order valence-electron chi connectivity index (χ0n) is 11.2. The van der Waals surface area contributed by atoms with Gasteiger partial charge >= 0.3 is 0 Å². The summed E-state index contributed by atoms with van der Waals surface area (Å²) in [6, 6.07) is 6.72. The first-order valence-corrected chi connectivity index (χ1v) is 6.20. The Morgan fingerprint density at radius 1 is 1.29 bits per heavy atom. The van der Waals surface area contributed by atoms with Crippen LogP contribution >= 0.6 is 0 Å². The zero-order chi connectivity index (χ0) is 15.4. The predicted octanol–water partition coefficient (Wildman–Crippen LogP) is 2.14. The number of rotatable bonds is 4. The zero-order valence-corrected chi connectivity index (χ0v) is 11.2. The highest BCUT2D eigenvalue weighted by atomic mass is 19.1. The van der Waals surface area contributed by atoms with E-state index in [2.05, 4.69) is 10.3 Å². The lowest BCUT2D eigenvalue weighted by Gasteiger charge is -2.14. The van der Waals surface area contributed by atoms with E-state index in [9.17, 15) is 13.6 Å². The van der Waals surface area contributed by atoms with Gasteiger partial charge in [-0.05, 0) is 31.2 Å². The number of benzene rings is 1. The molecule has 0 saturated heterocycles. The van der Waals surface area contributed by atoms with Gasteiger partial charge in [0.1, 0.15) is 5.69 Å². The molecule has 1 heterocycles. The number of carbonyl (C=O) groups excluding carboxylic acids is 1. The molecule has 0 fully saturated rings. The Kier molecular flexibility index (Phi) is 4.44. The van der Waals surface area contributed by atoms with Gasteiger partial charge in [0.15, 0.2) is 11.6 Å². The van der Waals surface area contributed by atoms with Crippen molar-refractivity contribution in [3.05, 3.63) is 59.4 Å². The molecule has 0 aliphatic rings. The quantitative estimate of drug-likeness (QED) is 0.596. The van der Waals surface area contributed by atoms with Crippen LogP contribution in [0.2, 0.25) is 0 Å². The standard InChI is InChI=1S/C14H14F2N4O/c1-8(12-4-2-3-5-18-12)19-14(21)9-6-10(15)13(20-17)11(16)7-9/h2-8,20H,17H2,1H3,(H,19,21). The Labute approximate surface area is 120 Å². The minimum atomic E-state index is -0.937. The summed E-state index contributed by atoms with van der Waals surface area (Å²) in [5, 5.41) is 2.62. The van der Waals surface area contributed by atoms with E-state index in [0.29, 0.717) is 5.69 Å².